The Morgan fingerprint density at radius 2 is 1.87 bits per heavy atom. The maximum Gasteiger partial charge on any atom is 0.0261 e. The van der Waals surface area contributed by atoms with E-state index in [0.29, 0.717) is 0 Å². The molecule has 2 saturated heterocycles. The Balaban J connectivity index is 1.96. The average Bonchev–Trinajstić information content (AvgIpc) is 2.63. The summed E-state index contributed by atoms with van der Waals surface area (Å²) < 4.78 is 0. The average molecular weight is 228 g/mol. The van der Waals surface area contributed by atoms with Crippen LogP contribution in [-0.2, 0) is 0 Å². The largest absolute Gasteiger partial charge is 0.315 e. The number of thioether (sulfide) groups is 1. The van der Waals surface area contributed by atoms with Crippen molar-refractivity contribution in [2.24, 2.45) is 5.92 Å². The Kier molecular flexibility index (Phi) is 3.97. The fraction of sp³-hybridized carbons (Fsp3) is 1.00. The van der Waals surface area contributed by atoms with Crippen molar-refractivity contribution in [1.82, 2.24) is 10.2 Å². The van der Waals surface area contributed by atoms with Crippen molar-refractivity contribution in [1.29, 1.82) is 0 Å². The van der Waals surface area contributed by atoms with Crippen LogP contribution in [0, 0.1) is 5.92 Å². The van der Waals surface area contributed by atoms with Gasteiger partial charge >= 0.3 is 0 Å². The van der Waals surface area contributed by atoms with E-state index in [1.807, 2.05) is 0 Å². The van der Waals surface area contributed by atoms with E-state index in [1.165, 1.54) is 32.6 Å². The Morgan fingerprint density at radius 1 is 1.20 bits per heavy atom. The van der Waals surface area contributed by atoms with Crippen LogP contribution in [0.2, 0.25) is 0 Å². The van der Waals surface area contributed by atoms with Crippen LogP contribution < -0.4 is 5.32 Å². The fourth-order valence-corrected chi connectivity index (χ4v) is 4.40. The van der Waals surface area contributed by atoms with Crippen LogP contribution >= 0.6 is 11.8 Å². The van der Waals surface area contributed by atoms with Crippen LogP contribution in [0.4, 0.5) is 0 Å². The van der Waals surface area contributed by atoms with E-state index >= 15 is 0 Å². The van der Waals surface area contributed by atoms with Crippen LogP contribution in [0.5, 0.6) is 0 Å². The van der Waals surface area contributed by atoms with Crippen molar-refractivity contribution in [3.63, 3.8) is 0 Å². The highest BCUT2D eigenvalue weighted by Gasteiger charge is 2.34. The Labute approximate surface area is 98.2 Å². The molecule has 2 rings (SSSR count). The first kappa shape index (κ1) is 11.7. The van der Waals surface area contributed by atoms with Gasteiger partial charge in [0.2, 0.25) is 0 Å². The number of hydrogen-bond donors (Lipinski definition) is 1. The van der Waals surface area contributed by atoms with Gasteiger partial charge in [0.1, 0.15) is 0 Å². The van der Waals surface area contributed by atoms with Crippen LogP contribution in [-0.4, -0.2) is 47.6 Å². The van der Waals surface area contributed by atoms with E-state index in [2.05, 4.69) is 42.7 Å². The van der Waals surface area contributed by atoms with Gasteiger partial charge in [0.15, 0.2) is 0 Å². The quantitative estimate of drug-likeness (QED) is 0.776. The molecule has 2 heterocycles. The molecule has 0 saturated carbocycles. The zero-order valence-electron chi connectivity index (χ0n) is 10.2. The van der Waals surface area contributed by atoms with Crippen molar-refractivity contribution in [2.45, 2.75) is 43.7 Å². The molecule has 15 heavy (non-hydrogen) atoms. The molecule has 0 aromatic heterocycles. The van der Waals surface area contributed by atoms with Crippen LogP contribution in [0.15, 0.2) is 0 Å². The summed E-state index contributed by atoms with van der Waals surface area (Å²) in [4.78, 5) is 2.74. The molecule has 2 nitrogen and oxygen atoms in total. The van der Waals surface area contributed by atoms with E-state index in [9.17, 15) is 0 Å². The molecule has 3 heteroatoms. The minimum absolute atomic E-state index is 0.806. The third kappa shape index (κ3) is 2.69. The molecular formula is C12H24N2S. The molecule has 0 spiro atoms. The van der Waals surface area contributed by atoms with Crippen molar-refractivity contribution >= 4 is 11.8 Å². The van der Waals surface area contributed by atoms with Gasteiger partial charge in [-0.1, -0.05) is 27.2 Å². The Morgan fingerprint density at radius 3 is 2.47 bits per heavy atom. The monoisotopic (exact) mass is 228 g/mol. The highest BCUT2D eigenvalue weighted by Crippen LogP contribution is 2.29. The van der Waals surface area contributed by atoms with Gasteiger partial charge in [0.25, 0.3) is 0 Å². The highest BCUT2D eigenvalue weighted by atomic mass is 32.2. The molecule has 2 aliphatic rings. The SMILES string of the molecule is CCC1CNCC1N1CC(C)SC(C)C1. The lowest BCUT2D eigenvalue weighted by Crippen LogP contribution is -2.49. The van der Waals surface area contributed by atoms with Crippen molar-refractivity contribution < 1.29 is 0 Å². The van der Waals surface area contributed by atoms with Gasteiger partial charge < -0.3 is 5.32 Å². The summed E-state index contributed by atoms with van der Waals surface area (Å²) in [6, 6.07) is 0.806. The maximum atomic E-state index is 3.55. The van der Waals surface area contributed by atoms with Gasteiger partial charge in [-0.25, -0.2) is 0 Å². The lowest BCUT2D eigenvalue weighted by atomic mass is 9.99. The predicted molar refractivity (Wildman–Crippen MR) is 68.5 cm³/mol. The summed E-state index contributed by atoms with van der Waals surface area (Å²) in [7, 11) is 0. The number of rotatable bonds is 2. The molecular weight excluding hydrogens is 204 g/mol. The Bertz CT molecular complexity index is 200. The molecule has 0 radical (unpaired) electrons. The molecule has 0 aliphatic carbocycles. The zero-order chi connectivity index (χ0) is 10.8. The summed E-state index contributed by atoms with van der Waals surface area (Å²) >= 11 is 2.15. The van der Waals surface area contributed by atoms with Crippen molar-refractivity contribution in [3.05, 3.63) is 0 Å². The molecule has 2 fully saturated rings. The second kappa shape index (κ2) is 5.07. The summed E-state index contributed by atoms with van der Waals surface area (Å²) in [5.74, 6) is 0.882. The molecule has 0 aromatic rings. The topological polar surface area (TPSA) is 15.3 Å². The zero-order valence-corrected chi connectivity index (χ0v) is 11.0. The first-order chi connectivity index (χ1) is 7.20. The summed E-state index contributed by atoms with van der Waals surface area (Å²) in [5.41, 5.74) is 0. The normalized spacial score (nSPS) is 43.4. The Hall–Kier alpha value is 0.270. The molecule has 0 amide bonds. The third-order valence-electron chi connectivity index (χ3n) is 3.75. The second-order valence-electron chi connectivity index (χ2n) is 5.11. The molecule has 4 atom stereocenters. The number of nitrogens with one attached hydrogen (secondary N) is 1. The smallest absolute Gasteiger partial charge is 0.0261 e. The molecule has 4 unspecified atom stereocenters. The highest BCUT2D eigenvalue weighted by molar-refractivity contribution is 8.00. The molecule has 0 aromatic carbocycles. The first-order valence-corrected chi connectivity index (χ1v) is 7.25. The molecule has 1 N–H and O–H groups in total. The predicted octanol–water partition coefficient (Wildman–Crippen LogP) is 1.81. The fourth-order valence-electron chi connectivity index (χ4n) is 3.05. The van der Waals surface area contributed by atoms with Crippen LogP contribution in [0.1, 0.15) is 27.2 Å². The lowest BCUT2D eigenvalue weighted by Gasteiger charge is -2.40. The van der Waals surface area contributed by atoms with Gasteiger partial charge in [-0.15, -0.1) is 0 Å². The van der Waals surface area contributed by atoms with Crippen molar-refractivity contribution in [3.8, 4) is 0 Å². The third-order valence-corrected chi connectivity index (χ3v) is 4.97. The summed E-state index contributed by atoms with van der Waals surface area (Å²) in [6.07, 6.45) is 1.32. The second-order valence-corrected chi connectivity index (χ2v) is 6.99. The molecule has 88 valence electrons. The lowest BCUT2D eigenvalue weighted by molar-refractivity contribution is 0.167. The summed E-state index contributed by atoms with van der Waals surface area (Å²) in [5, 5.41) is 5.18. The number of nitrogens with zero attached hydrogens (tertiary/aromatic N) is 1. The van der Waals surface area contributed by atoms with Crippen LogP contribution in [0.3, 0.4) is 0 Å². The van der Waals surface area contributed by atoms with E-state index in [1.54, 1.807) is 0 Å². The van der Waals surface area contributed by atoms with E-state index in [4.69, 9.17) is 0 Å². The van der Waals surface area contributed by atoms with Gasteiger partial charge in [0, 0.05) is 36.2 Å². The number of hydrogen-bond acceptors (Lipinski definition) is 3. The minimum atomic E-state index is 0.806. The van der Waals surface area contributed by atoms with E-state index < -0.39 is 0 Å². The van der Waals surface area contributed by atoms with E-state index in [-0.39, 0.29) is 0 Å². The molecule has 2 aliphatic heterocycles. The van der Waals surface area contributed by atoms with Crippen molar-refractivity contribution in [2.75, 3.05) is 26.2 Å². The maximum absolute atomic E-state index is 3.55. The first-order valence-electron chi connectivity index (χ1n) is 6.31. The van der Waals surface area contributed by atoms with Gasteiger partial charge in [-0.3, -0.25) is 4.90 Å². The van der Waals surface area contributed by atoms with E-state index in [0.717, 1.165) is 22.5 Å². The van der Waals surface area contributed by atoms with Gasteiger partial charge in [-0.2, -0.15) is 11.8 Å². The summed E-state index contributed by atoms with van der Waals surface area (Å²) in [6.45, 7) is 12.1. The minimum Gasteiger partial charge on any atom is -0.315 e. The van der Waals surface area contributed by atoms with Crippen LogP contribution in [0.25, 0.3) is 0 Å². The standard InChI is InChI=1S/C12H24N2S/c1-4-11-5-13-6-12(11)14-7-9(2)15-10(3)8-14/h9-13H,4-8H2,1-3H3. The van der Waals surface area contributed by atoms with Gasteiger partial charge in [0.05, 0.1) is 0 Å². The molecule has 0 bridgehead atoms. The van der Waals surface area contributed by atoms with Gasteiger partial charge in [-0.05, 0) is 12.5 Å².